The van der Waals surface area contributed by atoms with Gasteiger partial charge < -0.3 is 14.8 Å². The fourth-order valence-corrected chi connectivity index (χ4v) is 3.92. The van der Waals surface area contributed by atoms with Crippen molar-refractivity contribution >= 4 is 34.5 Å². The summed E-state index contributed by atoms with van der Waals surface area (Å²) in [5.41, 5.74) is -5.13. The lowest BCUT2D eigenvalue weighted by Gasteiger charge is -2.13. The quantitative estimate of drug-likeness (QED) is 0.351. The molecule has 0 fully saturated rings. The van der Waals surface area contributed by atoms with Crippen molar-refractivity contribution in [1.82, 2.24) is 0 Å². The van der Waals surface area contributed by atoms with Crippen LogP contribution in [0, 0.1) is 31.9 Å². The monoisotopic (exact) mass is 444 g/mol. The maximum Gasteiger partial charge on any atom is 0.342 e. The van der Waals surface area contributed by atoms with Crippen LogP contribution in [0.3, 0.4) is 0 Å². The Hall–Kier alpha value is -3.65. The first-order valence-electron chi connectivity index (χ1n) is 7.67. The maximum absolute atomic E-state index is 13.7. The van der Waals surface area contributed by atoms with E-state index in [0.29, 0.717) is 24.3 Å². The van der Waals surface area contributed by atoms with E-state index in [1.165, 1.54) is 0 Å². The molecule has 0 aromatic heterocycles. The van der Waals surface area contributed by atoms with Crippen LogP contribution in [-0.4, -0.2) is 36.6 Å². The third-order valence-electron chi connectivity index (χ3n) is 3.77. The molecule has 30 heavy (non-hydrogen) atoms. The molecule has 0 atom stereocenters. The smallest absolute Gasteiger partial charge is 0.342 e. The van der Waals surface area contributed by atoms with Crippen molar-refractivity contribution in [3.8, 4) is 0 Å². The zero-order chi connectivity index (χ0) is 22.7. The largest absolute Gasteiger partial charge is 0.616 e. The van der Waals surface area contributed by atoms with E-state index in [1.54, 1.807) is 0 Å². The molecule has 158 valence electrons. The highest BCUT2D eigenvalue weighted by molar-refractivity contribution is 7.89. The fourth-order valence-electron chi connectivity index (χ4n) is 2.69. The Kier molecular flexibility index (Phi) is 6.63. The average Bonchev–Trinajstić information content (AvgIpc) is 2.59. The number of carbonyl (C=O) groups is 2. The molecule has 0 bridgehead atoms. The second-order valence-electron chi connectivity index (χ2n) is 5.78. The SMILES string of the molecule is O=C(O)c1cc(F)cc(C[S+]([O-])Cc2cc(F)cc(C(=O)O)c2[N+](=O)[O-])c1[N+](=O)[O-]. The topological polar surface area (TPSA) is 184 Å². The van der Waals surface area contributed by atoms with Crippen molar-refractivity contribution in [2.24, 2.45) is 0 Å². The van der Waals surface area contributed by atoms with Crippen LogP contribution in [0.2, 0.25) is 0 Å². The van der Waals surface area contributed by atoms with Crippen molar-refractivity contribution in [2.75, 3.05) is 0 Å². The van der Waals surface area contributed by atoms with Gasteiger partial charge in [0.15, 0.2) is 0 Å². The Morgan fingerprint density at radius 3 is 1.43 bits per heavy atom. The number of nitro benzene ring substituents is 2. The number of carboxylic acids is 2. The Balaban J connectivity index is 2.48. The van der Waals surface area contributed by atoms with Gasteiger partial charge in [0.2, 0.25) is 0 Å². The molecule has 2 aromatic carbocycles. The maximum atomic E-state index is 13.7. The third kappa shape index (κ3) is 4.84. The number of hydrogen-bond acceptors (Lipinski definition) is 7. The summed E-state index contributed by atoms with van der Waals surface area (Å²) in [5.74, 6) is -7.53. The van der Waals surface area contributed by atoms with Gasteiger partial charge in [0.1, 0.15) is 34.3 Å². The second-order valence-corrected chi connectivity index (χ2v) is 7.23. The first-order chi connectivity index (χ1) is 13.9. The normalized spacial score (nSPS) is 10.8. The van der Waals surface area contributed by atoms with E-state index in [-0.39, 0.29) is 0 Å². The van der Waals surface area contributed by atoms with E-state index in [9.17, 15) is 43.2 Å². The van der Waals surface area contributed by atoms with E-state index in [0.717, 1.165) is 0 Å². The number of hydrogen-bond donors (Lipinski definition) is 2. The molecule has 11 nitrogen and oxygen atoms in total. The van der Waals surface area contributed by atoms with Gasteiger partial charge in [-0.3, -0.25) is 20.2 Å². The van der Waals surface area contributed by atoms with Gasteiger partial charge in [0.05, 0.1) is 21.0 Å². The summed E-state index contributed by atoms with van der Waals surface area (Å²) in [5, 5.41) is 40.5. The molecule has 2 N–H and O–H groups in total. The molecule has 14 heteroatoms. The Morgan fingerprint density at radius 2 is 1.17 bits per heavy atom. The first-order valence-corrected chi connectivity index (χ1v) is 9.16. The van der Waals surface area contributed by atoms with Crippen molar-refractivity contribution in [3.63, 3.8) is 0 Å². The molecule has 2 aromatic rings. The average molecular weight is 444 g/mol. The van der Waals surface area contributed by atoms with Crippen molar-refractivity contribution < 1.29 is 43.0 Å². The fraction of sp³-hybridized carbons (Fsp3) is 0.125. The Labute approximate surface area is 168 Å². The van der Waals surface area contributed by atoms with Gasteiger partial charge in [-0.25, -0.2) is 18.4 Å². The minimum Gasteiger partial charge on any atom is -0.616 e. The lowest BCUT2D eigenvalue weighted by atomic mass is 10.1. The molecule has 0 spiro atoms. The number of nitro groups is 2. The van der Waals surface area contributed by atoms with Crippen molar-refractivity contribution in [2.45, 2.75) is 11.5 Å². The molecular formula is C16H10F2N2O9S. The molecule has 0 aliphatic heterocycles. The molecule has 0 amide bonds. The van der Waals surface area contributed by atoms with Gasteiger partial charge in [-0.1, -0.05) is 0 Å². The molecular weight excluding hydrogens is 434 g/mol. The number of aromatic carboxylic acids is 2. The van der Waals surface area contributed by atoms with E-state index < -0.39 is 89.7 Å². The highest BCUT2D eigenvalue weighted by atomic mass is 32.2. The predicted octanol–water partition coefficient (Wildman–Crippen LogP) is 2.63. The van der Waals surface area contributed by atoms with Crippen LogP contribution in [0.1, 0.15) is 31.8 Å². The number of rotatable bonds is 8. The third-order valence-corrected chi connectivity index (χ3v) is 5.03. The molecule has 0 saturated carbocycles. The highest BCUT2D eigenvalue weighted by Gasteiger charge is 2.31. The van der Waals surface area contributed by atoms with Gasteiger partial charge in [-0.05, 0) is 35.4 Å². The van der Waals surface area contributed by atoms with Gasteiger partial charge in [-0.2, -0.15) is 0 Å². The first kappa shape index (κ1) is 22.6. The van der Waals surface area contributed by atoms with E-state index in [4.69, 9.17) is 10.2 Å². The standard InChI is InChI=1S/C16H10F2N2O9S/c17-9-1-7(13(19(25)26)11(3-9)15(21)22)5-30(29)6-8-2-10(18)4-12(16(23)24)14(8)20(27)28/h1-4H,5-6H2,(H,21,22)(H,23,24). The molecule has 0 aliphatic carbocycles. The summed E-state index contributed by atoms with van der Waals surface area (Å²) < 4.78 is 39.8. The molecule has 0 saturated heterocycles. The minimum atomic E-state index is -2.26. The molecule has 0 heterocycles. The van der Waals surface area contributed by atoms with Gasteiger partial charge in [-0.15, -0.1) is 0 Å². The van der Waals surface area contributed by atoms with Crippen LogP contribution in [0.15, 0.2) is 24.3 Å². The van der Waals surface area contributed by atoms with Gasteiger partial charge >= 0.3 is 11.9 Å². The second kappa shape index (κ2) is 8.79. The summed E-state index contributed by atoms with van der Waals surface area (Å²) in [6, 6.07) is 1.99. The van der Waals surface area contributed by atoms with Crippen LogP contribution in [-0.2, 0) is 22.7 Å². The number of carboxylic acid groups (broad SMARTS) is 2. The summed E-state index contributed by atoms with van der Waals surface area (Å²) in [6.45, 7) is 0. The predicted molar refractivity (Wildman–Crippen MR) is 95.6 cm³/mol. The van der Waals surface area contributed by atoms with E-state index >= 15 is 0 Å². The van der Waals surface area contributed by atoms with Crippen LogP contribution >= 0.6 is 0 Å². The highest BCUT2D eigenvalue weighted by Crippen LogP contribution is 2.31. The summed E-state index contributed by atoms with van der Waals surface area (Å²) in [7, 11) is 0. The molecule has 0 radical (unpaired) electrons. The molecule has 2 rings (SSSR count). The lowest BCUT2D eigenvalue weighted by molar-refractivity contribution is -0.385. The number of halogens is 2. The summed E-state index contributed by atoms with van der Waals surface area (Å²) >= 11 is -2.26. The van der Waals surface area contributed by atoms with E-state index in [1.807, 2.05) is 0 Å². The Bertz CT molecular complexity index is 994. The van der Waals surface area contributed by atoms with Crippen LogP contribution in [0.5, 0.6) is 0 Å². The summed E-state index contributed by atoms with van der Waals surface area (Å²) in [4.78, 5) is 42.5. The Morgan fingerprint density at radius 1 is 0.833 bits per heavy atom. The van der Waals surface area contributed by atoms with Gasteiger partial charge in [0, 0.05) is 0 Å². The van der Waals surface area contributed by atoms with Crippen LogP contribution in [0.4, 0.5) is 20.2 Å². The van der Waals surface area contributed by atoms with Crippen molar-refractivity contribution in [1.29, 1.82) is 0 Å². The number of nitrogens with zero attached hydrogens (tertiary/aromatic N) is 2. The zero-order valence-corrected chi connectivity index (χ0v) is 15.4. The number of benzene rings is 2. The lowest BCUT2D eigenvalue weighted by Crippen LogP contribution is -2.14. The van der Waals surface area contributed by atoms with Crippen LogP contribution < -0.4 is 0 Å². The van der Waals surface area contributed by atoms with Gasteiger partial charge in [0.25, 0.3) is 11.4 Å². The zero-order valence-electron chi connectivity index (χ0n) is 14.5. The summed E-state index contributed by atoms with van der Waals surface area (Å²) in [6.07, 6.45) is 0. The van der Waals surface area contributed by atoms with Crippen LogP contribution in [0.25, 0.3) is 0 Å². The molecule has 0 unspecified atom stereocenters. The minimum absolute atomic E-state index is 0.406. The van der Waals surface area contributed by atoms with E-state index in [2.05, 4.69) is 0 Å². The van der Waals surface area contributed by atoms with Crippen molar-refractivity contribution in [3.05, 3.63) is 78.4 Å². The molecule has 0 aliphatic rings.